The molecule has 2 aliphatic heterocycles. The normalized spacial score (nSPS) is 20.8. The number of amidine groups is 1. The maximum absolute atomic E-state index is 12.5. The highest BCUT2D eigenvalue weighted by molar-refractivity contribution is 7.76. The zero-order chi connectivity index (χ0) is 17.9. The Morgan fingerprint density at radius 1 is 1.44 bits per heavy atom. The third-order valence-corrected chi connectivity index (χ3v) is 5.23. The van der Waals surface area contributed by atoms with Gasteiger partial charge in [-0.3, -0.25) is 14.0 Å². The highest BCUT2D eigenvalue weighted by Gasteiger charge is 2.46. The number of nitrogens with zero attached hydrogens (tertiary/aromatic N) is 2. The average Bonchev–Trinajstić information content (AvgIpc) is 2.92. The smallest absolute Gasteiger partial charge is 0.253 e. The number of amides is 1. The number of piperidine rings is 1. The Morgan fingerprint density at radius 2 is 2.20 bits per heavy atom. The van der Waals surface area contributed by atoms with Crippen LogP contribution in [0.25, 0.3) is 0 Å². The lowest BCUT2D eigenvalue weighted by molar-refractivity contribution is -0.124. The highest BCUT2D eigenvalue weighted by atomic mass is 32.2. The van der Waals surface area contributed by atoms with E-state index in [0.29, 0.717) is 44.1 Å². The largest absolute Gasteiger partial charge is 0.760 e. The number of hydrogen-bond acceptors (Lipinski definition) is 5. The first-order valence-electron chi connectivity index (χ1n) is 8.14. The van der Waals surface area contributed by atoms with Crippen LogP contribution >= 0.6 is 0 Å². The summed E-state index contributed by atoms with van der Waals surface area (Å²) in [4.78, 5) is 17.1. The number of hydrogen-bond donors (Lipinski definition) is 1. The third-order valence-electron chi connectivity index (χ3n) is 4.44. The molecule has 1 aromatic rings. The van der Waals surface area contributed by atoms with Crippen LogP contribution in [0.2, 0.25) is 0 Å². The molecule has 134 valence electrons. The van der Waals surface area contributed by atoms with Gasteiger partial charge in [-0.2, -0.15) is 0 Å². The molecule has 1 fully saturated rings. The maximum atomic E-state index is 12.5. The molecule has 1 atom stereocenters. The molecule has 0 aliphatic carbocycles. The number of ether oxygens (including phenoxy) is 1. The first kappa shape index (κ1) is 17.8. The molecule has 0 radical (unpaired) electrons. The van der Waals surface area contributed by atoms with E-state index < -0.39 is 16.8 Å². The van der Waals surface area contributed by atoms with Crippen LogP contribution in [0, 0.1) is 0 Å². The van der Waals surface area contributed by atoms with Crippen molar-refractivity contribution in [2.75, 3.05) is 19.7 Å². The van der Waals surface area contributed by atoms with Gasteiger partial charge in [0.1, 0.15) is 17.1 Å². The van der Waals surface area contributed by atoms with Gasteiger partial charge in [-0.15, -0.1) is 6.58 Å². The van der Waals surface area contributed by atoms with Gasteiger partial charge >= 0.3 is 0 Å². The minimum atomic E-state index is -2.25. The number of benzene rings is 1. The summed E-state index contributed by atoms with van der Waals surface area (Å²) in [6.45, 7) is 4.79. The SMILES string of the molecule is C=CCCOc1cccc(C2=NC3(CCN(S(=O)[O-])CC3)C(=O)N2)c1. The van der Waals surface area contributed by atoms with E-state index in [1.54, 1.807) is 6.08 Å². The predicted molar refractivity (Wildman–Crippen MR) is 93.9 cm³/mol. The van der Waals surface area contributed by atoms with Gasteiger partial charge in [0, 0.05) is 29.9 Å². The van der Waals surface area contributed by atoms with Crippen molar-refractivity contribution in [2.24, 2.45) is 4.99 Å². The molecule has 0 aromatic heterocycles. The summed E-state index contributed by atoms with van der Waals surface area (Å²) in [7, 11) is 0. The molecule has 8 heteroatoms. The van der Waals surface area contributed by atoms with E-state index in [2.05, 4.69) is 16.9 Å². The molecular weight excluding hydrogens is 342 g/mol. The fraction of sp³-hybridized carbons (Fsp3) is 0.412. The molecule has 0 bridgehead atoms. The van der Waals surface area contributed by atoms with Crippen molar-refractivity contribution in [2.45, 2.75) is 24.8 Å². The summed E-state index contributed by atoms with van der Waals surface area (Å²) in [6.07, 6.45) is 3.30. The van der Waals surface area contributed by atoms with Crippen LogP contribution < -0.4 is 10.1 Å². The van der Waals surface area contributed by atoms with Gasteiger partial charge in [0.05, 0.1) is 6.61 Å². The topological polar surface area (TPSA) is 94.1 Å². The van der Waals surface area contributed by atoms with Gasteiger partial charge in [-0.05, 0) is 31.4 Å². The number of carbonyl (C=O) groups excluding carboxylic acids is 1. The first-order valence-corrected chi connectivity index (χ1v) is 9.17. The zero-order valence-corrected chi connectivity index (χ0v) is 14.6. The van der Waals surface area contributed by atoms with Crippen LogP contribution in [0.3, 0.4) is 0 Å². The van der Waals surface area contributed by atoms with E-state index >= 15 is 0 Å². The molecule has 0 saturated carbocycles. The number of carbonyl (C=O) groups is 1. The minimum absolute atomic E-state index is 0.170. The molecule has 2 heterocycles. The second-order valence-corrected chi connectivity index (χ2v) is 7.00. The van der Waals surface area contributed by atoms with Crippen LogP contribution in [-0.2, 0) is 16.1 Å². The summed E-state index contributed by atoms with van der Waals surface area (Å²) in [6, 6.07) is 7.40. The second kappa shape index (κ2) is 7.47. The Bertz CT molecular complexity index is 726. The number of nitrogens with one attached hydrogen (secondary N) is 1. The third kappa shape index (κ3) is 3.81. The molecule has 1 aromatic carbocycles. The predicted octanol–water partition coefficient (Wildman–Crippen LogP) is 1.15. The summed E-state index contributed by atoms with van der Waals surface area (Å²) < 4.78 is 29.0. The lowest BCUT2D eigenvalue weighted by Gasteiger charge is -2.35. The van der Waals surface area contributed by atoms with Crippen LogP contribution in [0.4, 0.5) is 0 Å². The van der Waals surface area contributed by atoms with Gasteiger partial charge in [0.2, 0.25) is 0 Å². The molecule has 2 aliphatic rings. The lowest BCUT2D eigenvalue weighted by Crippen LogP contribution is -2.49. The molecule has 1 spiro atoms. The molecule has 1 unspecified atom stereocenters. The van der Waals surface area contributed by atoms with E-state index in [9.17, 15) is 13.6 Å². The second-order valence-electron chi connectivity index (χ2n) is 6.05. The Kier molecular flexibility index (Phi) is 5.31. The van der Waals surface area contributed by atoms with Crippen molar-refractivity contribution in [1.29, 1.82) is 0 Å². The molecule has 1 saturated heterocycles. The molecule has 25 heavy (non-hydrogen) atoms. The molecule has 7 nitrogen and oxygen atoms in total. The van der Waals surface area contributed by atoms with E-state index in [1.165, 1.54) is 4.31 Å². The monoisotopic (exact) mass is 362 g/mol. The summed E-state index contributed by atoms with van der Waals surface area (Å²) in [5.74, 6) is 1.04. The van der Waals surface area contributed by atoms with Crippen molar-refractivity contribution in [3.63, 3.8) is 0 Å². The van der Waals surface area contributed by atoms with Crippen molar-refractivity contribution in [1.82, 2.24) is 9.62 Å². The highest BCUT2D eigenvalue weighted by Crippen LogP contribution is 2.31. The van der Waals surface area contributed by atoms with E-state index in [-0.39, 0.29) is 5.91 Å². The summed E-state index contributed by atoms with van der Waals surface area (Å²) >= 11 is -2.25. The lowest BCUT2D eigenvalue weighted by atomic mass is 9.89. The molecule has 3 rings (SSSR count). The van der Waals surface area contributed by atoms with Gasteiger partial charge in [0.25, 0.3) is 5.91 Å². The Labute approximate surface area is 149 Å². The quantitative estimate of drug-likeness (QED) is 0.467. The minimum Gasteiger partial charge on any atom is -0.760 e. The van der Waals surface area contributed by atoms with Gasteiger partial charge in [-0.25, -0.2) is 4.31 Å². The number of rotatable bonds is 6. The fourth-order valence-electron chi connectivity index (χ4n) is 2.99. The van der Waals surface area contributed by atoms with Crippen molar-refractivity contribution >= 4 is 23.0 Å². The fourth-order valence-corrected chi connectivity index (χ4v) is 3.47. The molecular formula is C17H20N3O4S-. The van der Waals surface area contributed by atoms with Crippen molar-refractivity contribution in [3.8, 4) is 5.75 Å². The van der Waals surface area contributed by atoms with Crippen LogP contribution in [0.15, 0.2) is 41.9 Å². The van der Waals surface area contributed by atoms with Crippen molar-refractivity contribution < 1.29 is 18.3 Å². The first-order chi connectivity index (χ1) is 12.0. The van der Waals surface area contributed by atoms with Gasteiger partial charge in [0.15, 0.2) is 0 Å². The standard InChI is InChI=1S/C17H21N3O4S/c1-2-3-11-24-14-6-4-5-13(12-14)15-18-16(21)17(19-15)7-9-20(10-8-17)25(22)23/h2,4-6,12H,1,3,7-11H2,(H,22,23)(H,18,19,21)/p-1. The van der Waals surface area contributed by atoms with E-state index in [0.717, 1.165) is 12.0 Å². The maximum Gasteiger partial charge on any atom is 0.253 e. The van der Waals surface area contributed by atoms with Crippen LogP contribution in [0.1, 0.15) is 24.8 Å². The summed E-state index contributed by atoms with van der Waals surface area (Å²) in [5, 5.41) is 2.84. The van der Waals surface area contributed by atoms with Gasteiger partial charge < -0.3 is 14.6 Å². The van der Waals surface area contributed by atoms with Gasteiger partial charge in [-0.1, -0.05) is 18.2 Å². The summed E-state index contributed by atoms with van der Waals surface area (Å²) in [5.41, 5.74) is -0.0959. The molecule has 1 N–H and O–H groups in total. The Morgan fingerprint density at radius 3 is 2.88 bits per heavy atom. The average molecular weight is 362 g/mol. The van der Waals surface area contributed by atoms with E-state index in [4.69, 9.17) is 4.74 Å². The van der Waals surface area contributed by atoms with Crippen molar-refractivity contribution in [3.05, 3.63) is 42.5 Å². The number of aliphatic imine (C=N–C) groups is 1. The Hall–Kier alpha value is -2.03. The van der Waals surface area contributed by atoms with E-state index in [1.807, 2.05) is 24.3 Å². The van der Waals surface area contributed by atoms with Crippen LogP contribution in [0.5, 0.6) is 5.75 Å². The van der Waals surface area contributed by atoms with Crippen LogP contribution in [-0.4, -0.2) is 50.0 Å². The zero-order valence-electron chi connectivity index (χ0n) is 13.8. The Balaban J connectivity index is 1.75. The molecule has 1 amide bonds.